The number of hydrogen-bond acceptors (Lipinski definition) is 3. The van der Waals surface area contributed by atoms with E-state index in [2.05, 4.69) is 5.32 Å². The van der Waals surface area contributed by atoms with E-state index in [1.54, 1.807) is 48.2 Å². The average Bonchev–Trinajstić information content (AvgIpc) is 3.04. The van der Waals surface area contributed by atoms with Crippen LogP contribution in [0.25, 0.3) is 0 Å². The smallest absolute Gasteiger partial charge is 0.265 e. The van der Waals surface area contributed by atoms with Crippen molar-refractivity contribution in [2.45, 2.75) is 25.9 Å². The van der Waals surface area contributed by atoms with Crippen LogP contribution in [0, 0.1) is 0 Å². The van der Waals surface area contributed by atoms with Gasteiger partial charge in [-0.05, 0) is 43.7 Å². The van der Waals surface area contributed by atoms with Crippen LogP contribution in [0.15, 0.2) is 42.5 Å². The van der Waals surface area contributed by atoms with Crippen molar-refractivity contribution in [3.63, 3.8) is 0 Å². The van der Waals surface area contributed by atoms with Crippen molar-refractivity contribution in [3.05, 3.63) is 52.5 Å². The van der Waals surface area contributed by atoms with Gasteiger partial charge in [-0.1, -0.05) is 29.3 Å². The van der Waals surface area contributed by atoms with Gasteiger partial charge >= 0.3 is 0 Å². The van der Waals surface area contributed by atoms with Crippen LogP contribution >= 0.6 is 23.2 Å². The molecule has 1 aliphatic rings. The lowest BCUT2D eigenvalue weighted by Gasteiger charge is -2.19. The van der Waals surface area contributed by atoms with Crippen molar-refractivity contribution in [3.8, 4) is 5.75 Å². The summed E-state index contributed by atoms with van der Waals surface area (Å²) in [6.45, 7) is 2.34. The zero-order chi connectivity index (χ0) is 18.7. The fraction of sp³-hybridized carbons (Fsp3) is 0.263. The minimum absolute atomic E-state index is 0.100. The predicted molar refractivity (Wildman–Crippen MR) is 103 cm³/mol. The minimum Gasteiger partial charge on any atom is -0.481 e. The third-order valence-corrected chi connectivity index (χ3v) is 4.64. The third-order valence-electron chi connectivity index (χ3n) is 4.07. The molecule has 1 saturated heterocycles. The van der Waals surface area contributed by atoms with E-state index in [-0.39, 0.29) is 11.8 Å². The van der Waals surface area contributed by atoms with E-state index in [1.807, 2.05) is 6.07 Å². The molecule has 136 valence electrons. The third kappa shape index (κ3) is 4.29. The maximum absolute atomic E-state index is 12.4. The number of benzene rings is 2. The van der Waals surface area contributed by atoms with Crippen LogP contribution in [0.1, 0.15) is 19.8 Å². The maximum atomic E-state index is 12.4. The highest BCUT2D eigenvalue weighted by Gasteiger charge is 2.22. The molecule has 1 N–H and O–H groups in total. The van der Waals surface area contributed by atoms with Crippen molar-refractivity contribution in [1.82, 2.24) is 0 Å². The molecule has 0 saturated carbocycles. The van der Waals surface area contributed by atoms with E-state index in [0.717, 1.165) is 12.1 Å². The van der Waals surface area contributed by atoms with Crippen molar-refractivity contribution < 1.29 is 14.3 Å². The van der Waals surface area contributed by atoms with Crippen molar-refractivity contribution >= 4 is 46.4 Å². The largest absolute Gasteiger partial charge is 0.481 e. The quantitative estimate of drug-likeness (QED) is 0.812. The molecule has 0 radical (unpaired) electrons. The monoisotopic (exact) mass is 392 g/mol. The van der Waals surface area contributed by atoms with Crippen molar-refractivity contribution in [1.29, 1.82) is 0 Å². The molecule has 1 atom stereocenters. The molecule has 0 spiro atoms. The molecule has 0 aliphatic carbocycles. The Labute approximate surface area is 161 Å². The summed E-state index contributed by atoms with van der Waals surface area (Å²) in [6.07, 6.45) is 0.655. The van der Waals surface area contributed by atoms with Gasteiger partial charge in [-0.15, -0.1) is 0 Å². The number of carbonyl (C=O) groups excluding carboxylic acids is 2. The average molecular weight is 393 g/mol. The molecular weight excluding hydrogens is 375 g/mol. The Kier molecular flexibility index (Phi) is 5.69. The topological polar surface area (TPSA) is 58.6 Å². The normalized spacial score (nSPS) is 15.0. The lowest BCUT2D eigenvalue weighted by molar-refractivity contribution is -0.122. The Morgan fingerprint density at radius 2 is 2.04 bits per heavy atom. The van der Waals surface area contributed by atoms with Crippen LogP contribution in [0.3, 0.4) is 0 Å². The lowest BCUT2D eigenvalue weighted by Crippen LogP contribution is -2.30. The Hall–Kier alpha value is -2.24. The first-order chi connectivity index (χ1) is 12.4. The minimum atomic E-state index is -0.755. The molecule has 5 nitrogen and oxygen atoms in total. The Morgan fingerprint density at radius 1 is 1.23 bits per heavy atom. The number of amides is 2. The van der Waals surface area contributed by atoms with E-state index >= 15 is 0 Å². The first-order valence-corrected chi connectivity index (χ1v) is 9.02. The van der Waals surface area contributed by atoms with Gasteiger partial charge in [0, 0.05) is 29.7 Å². The number of rotatable bonds is 5. The summed E-state index contributed by atoms with van der Waals surface area (Å²) >= 11 is 12.0. The van der Waals surface area contributed by atoms with Crippen LogP contribution in [-0.2, 0) is 9.59 Å². The lowest BCUT2D eigenvalue weighted by atomic mass is 10.2. The Bertz CT molecular complexity index is 841. The van der Waals surface area contributed by atoms with E-state index in [9.17, 15) is 9.59 Å². The van der Waals surface area contributed by atoms with E-state index in [0.29, 0.717) is 34.4 Å². The molecule has 2 aromatic carbocycles. The predicted octanol–water partition coefficient (Wildman–Crippen LogP) is 4.53. The zero-order valence-electron chi connectivity index (χ0n) is 14.2. The highest BCUT2D eigenvalue weighted by Crippen LogP contribution is 2.27. The summed E-state index contributed by atoms with van der Waals surface area (Å²) in [5, 5.41) is 3.57. The molecule has 7 heteroatoms. The summed E-state index contributed by atoms with van der Waals surface area (Å²) in [6, 6.07) is 12.0. The van der Waals surface area contributed by atoms with Gasteiger partial charge in [-0.2, -0.15) is 0 Å². The molecule has 2 amide bonds. The van der Waals surface area contributed by atoms with Gasteiger partial charge in [0.15, 0.2) is 6.10 Å². The van der Waals surface area contributed by atoms with E-state index < -0.39 is 6.10 Å². The first kappa shape index (κ1) is 18.5. The zero-order valence-corrected chi connectivity index (χ0v) is 15.7. The van der Waals surface area contributed by atoms with Gasteiger partial charge in [0.1, 0.15) is 5.75 Å². The van der Waals surface area contributed by atoms with Crippen LogP contribution in [-0.4, -0.2) is 24.5 Å². The Morgan fingerprint density at radius 3 is 2.77 bits per heavy atom. The standard InChI is InChI=1S/C19H18Cl2N2O3/c1-12(19(25)22-17-10-13(20)7-8-16(17)21)26-15-5-2-4-14(11-15)23-9-3-6-18(23)24/h2,4-5,7-8,10-12H,3,6,9H2,1H3,(H,22,25)/t12-/m0/s1. The van der Waals surface area contributed by atoms with Gasteiger partial charge in [0.25, 0.3) is 5.91 Å². The fourth-order valence-electron chi connectivity index (χ4n) is 2.73. The van der Waals surface area contributed by atoms with Crippen LogP contribution in [0.2, 0.25) is 10.0 Å². The molecular formula is C19H18Cl2N2O3. The number of ether oxygens (including phenoxy) is 1. The second-order valence-corrected chi connectivity index (χ2v) is 6.86. The van der Waals surface area contributed by atoms with Crippen LogP contribution in [0.5, 0.6) is 5.75 Å². The van der Waals surface area contributed by atoms with Gasteiger partial charge < -0.3 is 15.0 Å². The number of hydrogen-bond donors (Lipinski definition) is 1. The van der Waals surface area contributed by atoms with Gasteiger partial charge in [0.05, 0.1) is 10.7 Å². The number of halogens is 2. The molecule has 1 fully saturated rings. The maximum Gasteiger partial charge on any atom is 0.265 e. The molecule has 2 aromatic rings. The second-order valence-electron chi connectivity index (χ2n) is 6.02. The van der Waals surface area contributed by atoms with Crippen LogP contribution < -0.4 is 15.0 Å². The molecule has 0 unspecified atom stereocenters. The summed E-state index contributed by atoms with van der Waals surface area (Å²) in [5.41, 5.74) is 1.20. The number of nitrogens with zero attached hydrogens (tertiary/aromatic N) is 1. The molecule has 1 aliphatic heterocycles. The summed E-state index contributed by atoms with van der Waals surface area (Å²) in [7, 11) is 0. The SMILES string of the molecule is C[C@H](Oc1cccc(N2CCCC2=O)c1)C(=O)Nc1cc(Cl)ccc1Cl. The molecule has 3 rings (SSSR count). The molecule has 1 heterocycles. The van der Waals surface area contributed by atoms with Gasteiger partial charge in [-0.25, -0.2) is 0 Å². The summed E-state index contributed by atoms with van der Waals surface area (Å²) in [5.74, 6) is 0.266. The number of carbonyl (C=O) groups is 2. The van der Waals surface area contributed by atoms with E-state index in [4.69, 9.17) is 27.9 Å². The first-order valence-electron chi connectivity index (χ1n) is 8.27. The highest BCUT2D eigenvalue weighted by atomic mass is 35.5. The fourth-order valence-corrected chi connectivity index (χ4v) is 3.07. The highest BCUT2D eigenvalue weighted by molar-refractivity contribution is 6.35. The van der Waals surface area contributed by atoms with E-state index in [1.165, 1.54) is 0 Å². The van der Waals surface area contributed by atoms with Crippen molar-refractivity contribution in [2.24, 2.45) is 0 Å². The van der Waals surface area contributed by atoms with Gasteiger partial charge in [-0.3, -0.25) is 9.59 Å². The Balaban J connectivity index is 1.67. The molecule has 26 heavy (non-hydrogen) atoms. The number of anilines is 2. The second kappa shape index (κ2) is 7.98. The molecule has 0 aromatic heterocycles. The molecule has 0 bridgehead atoms. The number of nitrogens with one attached hydrogen (secondary N) is 1. The summed E-state index contributed by atoms with van der Waals surface area (Å²) in [4.78, 5) is 26.0. The van der Waals surface area contributed by atoms with Crippen molar-refractivity contribution in [2.75, 3.05) is 16.8 Å². The van der Waals surface area contributed by atoms with Gasteiger partial charge in [0.2, 0.25) is 5.91 Å². The summed E-state index contributed by atoms with van der Waals surface area (Å²) < 4.78 is 5.73. The van der Waals surface area contributed by atoms with Crippen LogP contribution in [0.4, 0.5) is 11.4 Å².